The molecule has 26 heavy (non-hydrogen) atoms. The van der Waals surface area contributed by atoms with E-state index in [4.69, 9.17) is 5.11 Å². The van der Waals surface area contributed by atoms with Crippen LogP contribution in [0.3, 0.4) is 0 Å². The third kappa shape index (κ3) is 4.81. The minimum Gasteiger partial charge on any atom is -0.481 e. The number of unbranched alkanes of at least 4 members (excludes halogenated alkanes) is 3. The zero-order valence-corrected chi connectivity index (χ0v) is 14.6. The lowest BCUT2D eigenvalue weighted by Gasteiger charge is -2.21. The van der Waals surface area contributed by atoms with Gasteiger partial charge in [0.1, 0.15) is 5.54 Å². The molecule has 1 saturated heterocycles. The summed E-state index contributed by atoms with van der Waals surface area (Å²) in [4.78, 5) is 46.1. The maximum absolute atomic E-state index is 12.3. The summed E-state index contributed by atoms with van der Waals surface area (Å²) in [5.74, 6) is -1.51. The smallest absolute Gasteiger partial charge is 0.322 e. The zero-order valence-electron chi connectivity index (χ0n) is 14.6. The van der Waals surface area contributed by atoms with Crippen molar-refractivity contribution in [1.82, 2.24) is 16.0 Å². The van der Waals surface area contributed by atoms with Gasteiger partial charge in [0, 0.05) is 18.5 Å². The fraction of sp³-hybridized carbons (Fsp3) is 0.444. The predicted molar refractivity (Wildman–Crippen MR) is 93.5 cm³/mol. The second-order valence-corrected chi connectivity index (χ2v) is 6.43. The number of aliphatic carboxylic acids is 1. The summed E-state index contributed by atoms with van der Waals surface area (Å²) in [5, 5.41) is 16.1. The van der Waals surface area contributed by atoms with Crippen molar-refractivity contribution in [2.45, 2.75) is 44.6 Å². The maximum Gasteiger partial charge on any atom is 0.322 e. The number of carboxylic acid groups (broad SMARTS) is 1. The van der Waals surface area contributed by atoms with E-state index >= 15 is 0 Å². The number of imide groups is 1. The Bertz CT molecular complexity index is 719. The van der Waals surface area contributed by atoms with Gasteiger partial charge in [-0.3, -0.25) is 19.7 Å². The lowest BCUT2D eigenvalue weighted by atomic mass is 9.91. The van der Waals surface area contributed by atoms with Crippen molar-refractivity contribution >= 4 is 23.8 Å². The normalized spacial score (nSPS) is 19.0. The summed E-state index contributed by atoms with van der Waals surface area (Å²) in [7, 11) is 0. The molecule has 0 bridgehead atoms. The molecule has 4 amide bonds. The molecule has 1 aromatic carbocycles. The van der Waals surface area contributed by atoms with E-state index in [1.807, 2.05) is 0 Å². The largest absolute Gasteiger partial charge is 0.481 e. The number of hydrogen-bond donors (Lipinski definition) is 4. The second kappa shape index (κ2) is 8.46. The Balaban J connectivity index is 1.86. The summed E-state index contributed by atoms with van der Waals surface area (Å²) in [5.41, 5.74) is -0.261. The molecule has 8 heteroatoms. The Morgan fingerprint density at radius 1 is 1.15 bits per heavy atom. The number of amides is 4. The molecule has 0 saturated carbocycles. The predicted octanol–water partition coefficient (Wildman–Crippen LogP) is 1.51. The van der Waals surface area contributed by atoms with Crippen LogP contribution in [-0.4, -0.2) is 35.5 Å². The molecule has 0 aromatic heterocycles. The van der Waals surface area contributed by atoms with Gasteiger partial charge >= 0.3 is 12.0 Å². The van der Waals surface area contributed by atoms with Gasteiger partial charge in [0.15, 0.2) is 0 Å². The van der Waals surface area contributed by atoms with Gasteiger partial charge in [-0.1, -0.05) is 25.0 Å². The average Bonchev–Trinajstić information content (AvgIpc) is 2.86. The van der Waals surface area contributed by atoms with Gasteiger partial charge in [-0.15, -0.1) is 0 Å². The van der Waals surface area contributed by atoms with E-state index in [9.17, 15) is 19.2 Å². The van der Waals surface area contributed by atoms with E-state index in [0.29, 0.717) is 24.1 Å². The first-order valence-corrected chi connectivity index (χ1v) is 8.57. The number of rotatable bonds is 9. The lowest BCUT2D eigenvalue weighted by molar-refractivity contribution is -0.137. The summed E-state index contributed by atoms with van der Waals surface area (Å²) < 4.78 is 0. The molecule has 1 fully saturated rings. The lowest BCUT2D eigenvalue weighted by Crippen LogP contribution is -2.40. The van der Waals surface area contributed by atoms with Gasteiger partial charge in [0.25, 0.3) is 11.8 Å². The Labute approximate surface area is 151 Å². The van der Waals surface area contributed by atoms with Crippen molar-refractivity contribution in [1.29, 1.82) is 0 Å². The van der Waals surface area contributed by atoms with E-state index < -0.39 is 23.4 Å². The molecule has 8 nitrogen and oxygen atoms in total. The fourth-order valence-corrected chi connectivity index (χ4v) is 2.78. The Morgan fingerprint density at radius 3 is 2.54 bits per heavy atom. The van der Waals surface area contributed by atoms with Crippen molar-refractivity contribution < 1.29 is 24.3 Å². The molecule has 1 aliphatic heterocycles. The minimum absolute atomic E-state index is 0.169. The first-order valence-electron chi connectivity index (χ1n) is 8.57. The minimum atomic E-state index is -1.20. The van der Waals surface area contributed by atoms with Gasteiger partial charge in [-0.2, -0.15) is 0 Å². The van der Waals surface area contributed by atoms with E-state index in [0.717, 1.165) is 19.3 Å². The summed E-state index contributed by atoms with van der Waals surface area (Å²) in [6.07, 6.45) is 3.23. The first kappa shape index (κ1) is 19.4. The molecule has 1 atom stereocenters. The molecule has 0 aliphatic carbocycles. The van der Waals surface area contributed by atoms with Crippen molar-refractivity contribution in [2.75, 3.05) is 6.54 Å². The van der Waals surface area contributed by atoms with Crippen LogP contribution in [0.25, 0.3) is 0 Å². The average molecular weight is 361 g/mol. The fourth-order valence-electron chi connectivity index (χ4n) is 2.78. The highest BCUT2D eigenvalue weighted by Crippen LogP contribution is 2.25. The number of carbonyl (C=O) groups is 4. The SMILES string of the molecule is CC1(c2cccc(C(=O)NCCCCCCC(=O)O)c2)NC(=O)NC1=O. The number of nitrogens with one attached hydrogen (secondary N) is 3. The molecule has 1 aliphatic rings. The van der Waals surface area contributed by atoms with E-state index in [1.165, 1.54) is 0 Å². The van der Waals surface area contributed by atoms with Crippen LogP contribution in [0.15, 0.2) is 24.3 Å². The number of carboxylic acids is 1. The van der Waals surface area contributed by atoms with E-state index in [-0.39, 0.29) is 12.3 Å². The van der Waals surface area contributed by atoms with E-state index in [2.05, 4.69) is 16.0 Å². The van der Waals surface area contributed by atoms with Crippen LogP contribution in [0.2, 0.25) is 0 Å². The topological polar surface area (TPSA) is 125 Å². The van der Waals surface area contributed by atoms with Crippen molar-refractivity contribution in [3.63, 3.8) is 0 Å². The molecular formula is C18H23N3O5. The quantitative estimate of drug-likeness (QED) is 0.392. The zero-order chi connectivity index (χ0) is 19.2. The van der Waals surface area contributed by atoms with Crippen LogP contribution in [0.5, 0.6) is 0 Å². The molecule has 1 heterocycles. The van der Waals surface area contributed by atoms with Gasteiger partial charge in [0.05, 0.1) is 0 Å². The van der Waals surface area contributed by atoms with Crippen LogP contribution >= 0.6 is 0 Å². The van der Waals surface area contributed by atoms with Crippen LogP contribution in [0.4, 0.5) is 4.79 Å². The highest BCUT2D eigenvalue weighted by atomic mass is 16.4. The summed E-state index contributed by atoms with van der Waals surface area (Å²) >= 11 is 0. The number of benzene rings is 1. The highest BCUT2D eigenvalue weighted by molar-refractivity contribution is 6.07. The summed E-state index contributed by atoms with van der Waals surface area (Å²) in [6.45, 7) is 2.08. The standard InChI is InChI=1S/C18H23N3O5/c1-18(16(25)20-17(26)21-18)13-8-6-7-12(11-13)15(24)19-10-5-3-2-4-9-14(22)23/h6-8,11H,2-5,9-10H2,1H3,(H,19,24)(H,22,23)(H2,20,21,25,26). The van der Waals surface area contributed by atoms with Crippen molar-refractivity contribution in [3.05, 3.63) is 35.4 Å². The molecule has 4 N–H and O–H groups in total. The Hall–Kier alpha value is -2.90. The highest BCUT2D eigenvalue weighted by Gasteiger charge is 2.43. The number of hydrogen-bond acceptors (Lipinski definition) is 4. The molecule has 2 rings (SSSR count). The van der Waals surface area contributed by atoms with Gasteiger partial charge in [-0.05, 0) is 37.5 Å². The maximum atomic E-state index is 12.3. The number of carbonyl (C=O) groups excluding carboxylic acids is 3. The van der Waals surface area contributed by atoms with Crippen LogP contribution in [0, 0.1) is 0 Å². The Morgan fingerprint density at radius 2 is 1.88 bits per heavy atom. The molecular weight excluding hydrogens is 338 g/mol. The third-order valence-electron chi connectivity index (χ3n) is 4.35. The van der Waals surface area contributed by atoms with Gasteiger partial charge < -0.3 is 15.7 Å². The van der Waals surface area contributed by atoms with Crippen molar-refractivity contribution in [3.8, 4) is 0 Å². The van der Waals surface area contributed by atoms with E-state index in [1.54, 1.807) is 31.2 Å². The molecule has 0 spiro atoms. The number of urea groups is 1. The van der Waals surface area contributed by atoms with Gasteiger partial charge in [-0.25, -0.2) is 4.79 Å². The second-order valence-electron chi connectivity index (χ2n) is 6.43. The summed E-state index contributed by atoms with van der Waals surface area (Å²) in [6, 6.07) is 6.02. The van der Waals surface area contributed by atoms with Crippen LogP contribution in [0.1, 0.15) is 54.9 Å². The Kier molecular flexibility index (Phi) is 6.32. The van der Waals surface area contributed by atoms with Crippen LogP contribution < -0.4 is 16.0 Å². The molecule has 140 valence electrons. The molecule has 0 radical (unpaired) electrons. The third-order valence-corrected chi connectivity index (χ3v) is 4.35. The first-order chi connectivity index (χ1) is 12.3. The van der Waals surface area contributed by atoms with Gasteiger partial charge in [0.2, 0.25) is 0 Å². The van der Waals surface area contributed by atoms with Crippen LogP contribution in [-0.2, 0) is 15.1 Å². The van der Waals surface area contributed by atoms with Crippen molar-refractivity contribution in [2.24, 2.45) is 0 Å². The molecule has 1 aromatic rings. The molecule has 1 unspecified atom stereocenters. The monoisotopic (exact) mass is 361 g/mol.